The van der Waals surface area contributed by atoms with E-state index in [1.54, 1.807) is 54.2 Å². The first-order valence-corrected chi connectivity index (χ1v) is 13.9. The summed E-state index contributed by atoms with van der Waals surface area (Å²) in [5, 5.41) is 21.9. The zero-order valence-corrected chi connectivity index (χ0v) is 22.7. The number of benzene rings is 3. The van der Waals surface area contributed by atoms with Gasteiger partial charge in [0.25, 0.3) is 11.8 Å². The SMILES string of the molecule is C[C@@H]1[C@H](CSc2nnnn2C)O[C@H](c2cccc(N3C(=O)c4ccccc4C3=O)c2)O[C@@H]1c1ccc(CO)cc1. The van der Waals surface area contributed by atoms with Crippen LogP contribution in [0.15, 0.2) is 78.0 Å². The summed E-state index contributed by atoms with van der Waals surface area (Å²) in [7, 11) is 1.79. The van der Waals surface area contributed by atoms with Gasteiger partial charge in [-0.05, 0) is 45.8 Å². The number of aromatic nitrogens is 4. The zero-order chi connectivity index (χ0) is 27.8. The van der Waals surface area contributed by atoms with Gasteiger partial charge in [-0.3, -0.25) is 9.59 Å². The molecule has 1 N–H and O–H groups in total. The van der Waals surface area contributed by atoms with Gasteiger partial charge in [-0.1, -0.05) is 67.2 Å². The predicted molar refractivity (Wildman–Crippen MR) is 147 cm³/mol. The second kappa shape index (κ2) is 10.9. The van der Waals surface area contributed by atoms with E-state index in [9.17, 15) is 14.7 Å². The maximum Gasteiger partial charge on any atom is 0.266 e. The van der Waals surface area contributed by atoms with Gasteiger partial charge >= 0.3 is 0 Å². The highest BCUT2D eigenvalue weighted by molar-refractivity contribution is 7.99. The van der Waals surface area contributed by atoms with Crippen molar-refractivity contribution < 1.29 is 24.2 Å². The van der Waals surface area contributed by atoms with Crippen LogP contribution in [0.1, 0.15) is 56.7 Å². The smallest absolute Gasteiger partial charge is 0.266 e. The number of fused-ring (bicyclic) bond motifs is 1. The minimum atomic E-state index is -0.753. The molecule has 11 heteroatoms. The third-order valence-electron chi connectivity index (χ3n) is 7.28. The predicted octanol–water partition coefficient (Wildman–Crippen LogP) is 4.09. The minimum Gasteiger partial charge on any atom is -0.392 e. The van der Waals surface area contributed by atoms with E-state index in [1.807, 2.05) is 30.3 Å². The Morgan fingerprint density at radius 3 is 2.30 bits per heavy atom. The first-order chi connectivity index (χ1) is 19.4. The summed E-state index contributed by atoms with van der Waals surface area (Å²) in [6, 6.07) is 21.7. The zero-order valence-electron chi connectivity index (χ0n) is 21.9. The molecule has 1 fully saturated rings. The number of anilines is 1. The molecule has 10 nitrogen and oxygen atoms in total. The molecular formula is C29H27N5O5S. The Labute approximate surface area is 234 Å². The molecule has 0 radical (unpaired) electrons. The lowest BCUT2D eigenvalue weighted by molar-refractivity contribution is -0.268. The average Bonchev–Trinajstić information content (AvgIpc) is 3.51. The van der Waals surface area contributed by atoms with Crippen molar-refractivity contribution in [3.05, 3.63) is 101 Å². The number of ether oxygens (including phenoxy) is 2. The lowest BCUT2D eigenvalue weighted by Gasteiger charge is -2.41. The van der Waals surface area contributed by atoms with Gasteiger partial charge in [0, 0.05) is 24.3 Å². The molecule has 4 aromatic rings. The van der Waals surface area contributed by atoms with E-state index in [2.05, 4.69) is 22.4 Å². The number of aliphatic hydroxyl groups is 1. The number of carbonyl (C=O) groups excluding carboxylic acids is 2. The molecule has 2 amide bonds. The summed E-state index contributed by atoms with van der Waals surface area (Å²) in [5.41, 5.74) is 3.69. The summed E-state index contributed by atoms with van der Waals surface area (Å²) in [6.07, 6.45) is -1.29. The monoisotopic (exact) mass is 557 g/mol. The summed E-state index contributed by atoms with van der Waals surface area (Å²) in [6.45, 7) is 2.04. The molecule has 0 spiro atoms. The maximum atomic E-state index is 13.1. The number of aryl methyl sites for hydroxylation is 1. The molecular weight excluding hydrogens is 530 g/mol. The highest BCUT2D eigenvalue weighted by Crippen LogP contribution is 2.43. The molecule has 2 aliphatic heterocycles. The topological polar surface area (TPSA) is 120 Å². The lowest BCUT2D eigenvalue weighted by atomic mass is 9.91. The van der Waals surface area contributed by atoms with Gasteiger partial charge in [0.15, 0.2) is 6.29 Å². The number of aliphatic hydroxyl groups excluding tert-OH is 1. The Balaban J connectivity index is 1.30. The summed E-state index contributed by atoms with van der Waals surface area (Å²) >= 11 is 1.50. The van der Waals surface area contributed by atoms with Gasteiger partial charge in [0.05, 0.1) is 35.6 Å². The molecule has 0 saturated carbocycles. The van der Waals surface area contributed by atoms with E-state index in [4.69, 9.17) is 9.47 Å². The molecule has 40 heavy (non-hydrogen) atoms. The summed E-state index contributed by atoms with van der Waals surface area (Å²) in [4.78, 5) is 27.4. The van der Waals surface area contributed by atoms with Crippen LogP contribution in [0.2, 0.25) is 0 Å². The quantitative estimate of drug-likeness (QED) is 0.265. The van der Waals surface area contributed by atoms with Crippen molar-refractivity contribution in [1.82, 2.24) is 20.2 Å². The van der Waals surface area contributed by atoms with Crippen molar-refractivity contribution in [3.8, 4) is 0 Å². The van der Waals surface area contributed by atoms with Crippen LogP contribution in [0, 0.1) is 5.92 Å². The fraction of sp³-hybridized carbons (Fsp3) is 0.276. The largest absolute Gasteiger partial charge is 0.392 e. The highest BCUT2D eigenvalue weighted by Gasteiger charge is 2.40. The van der Waals surface area contributed by atoms with E-state index < -0.39 is 6.29 Å². The van der Waals surface area contributed by atoms with Crippen molar-refractivity contribution >= 4 is 29.3 Å². The second-order valence-corrected chi connectivity index (χ2v) is 10.8. The molecule has 2 aliphatic rings. The van der Waals surface area contributed by atoms with E-state index in [0.29, 0.717) is 33.3 Å². The van der Waals surface area contributed by atoms with Crippen LogP contribution in [-0.4, -0.2) is 49.0 Å². The van der Waals surface area contributed by atoms with Crippen LogP contribution < -0.4 is 4.90 Å². The Bertz CT molecular complexity index is 1520. The van der Waals surface area contributed by atoms with Crippen LogP contribution in [-0.2, 0) is 23.1 Å². The second-order valence-electron chi connectivity index (χ2n) is 9.80. The standard InChI is InChI=1S/C29H27N5O5S/c1-17-24(16-40-29-30-31-32-33(29)2)38-28(39-25(17)19-12-10-18(15-35)11-13-19)20-6-5-7-21(14-20)34-26(36)22-8-3-4-9-23(22)27(34)37/h3-14,17,24-25,28,35H,15-16H2,1-2H3/t17-,24+,25+,28+/m1/s1. The molecule has 1 aromatic heterocycles. The van der Waals surface area contributed by atoms with Crippen LogP contribution in [0.4, 0.5) is 5.69 Å². The molecule has 204 valence electrons. The van der Waals surface area contributed by atoms with E-state index >= 15 is 0 Å². The van der Waals surface area contributed by atoms with Gasteiger partial charge in [-0.25, -0.2) is 9.58 Å². The van der Waals surface area contributed by atoms with Crippen LogP contribution >= 0.6 is 11.8 Å². The highest BCUT2D eigenvalue weighted by atomic mass is 32.2. The Morgan fingerprint density at radius 1 is 0.925 bits per heavy atom. The lowest BCUT2D eigenvalue weighted by Crippen LogP contribution is -2.38. The van der Waals surface area contributed by atoms with Crippen molar-refractivity contribution in [3.63, 3.8) is 0 Å². The summed E-state index contributed by atoms with van der Waals surface area (Å²) in [5.74, 6) is -0.154. The van der Waals surface area contributed by atoms with Crippen LogP contribution in [0.3, 0.4) is 0 Å². The van der Waals surface area contributed by atoms with Crippen molar-refractivity contribution in [2.24, 2.45) is 13.0 Å². The number of carbonyl (C=O) groups is 2. The van der Waals surface area contributed by atoms with E-state index in [-0.39, 0.29) is 36.5 Å². The molecule has 1 saturated heterocycles. The number of amides is 2. The van der Waals surface area contributed by atoms with Crippen LogP contribution in [0.5, 0.6) is 0 Å². The Kier molecular flexibility index (Phi) is 7.20. The number of tetrazole rings is 1. The number of nitrogens with zero attached hydrogens (tertiary/aromatic N) is 5. The number of rotatable bonds is 7. The molecule has 4 atom stereocenters. The van der Waals surface area contributed by atoms with Gasteiger partial charge < -0.3 is 14.6 Å². The summed E-state index contributed by atoms with van der Waals surface area (Å²) < 4.78 is 14.7. The molecule has 6 rings (SSSR count). The third-order valence-corrected chi connectivity index (χ3v) is 8.38. The number of hydrogen-bond acceptors (Lipinski definition) is 9. The number of thioether (sulfide) groups is 1. The molecule has 0 bridgehead atoms. The Morgan fingerprint density at radius 2 is 1.65 bits per heavy atom. The fourth-order valence-electron chi connectivity index (χ4n) is 5.04. The minimum absolute atomic E-state index is 0.0238. The van der Waals surface area contributed by atoms with E-state index in [1.165, 1.54) is 16.7 Å². The van der Waals surface area contributed by atoms with Crippen molar-refractivity contribution in [2.75, 3.05) is 10.7 Å². The number of imide groups is 1. The Hall–Kier alpha value is -3.90. The molecule has 0 aliphatic carbocycles. The van der Waals surface area contributed by atoms with Gasteiger partial charge in [-0.2, -0.15) is 0 Å². The first kappa shape index (κ1) is 26.3. The first-order valence-electron chi connectivity index (χ1n) is 12.9. The number of hydrogen-bond donors (Lipinski definition) is 1. The normalized spacial score (nSPS) is 22.5. The molecule has 3 heterocycles. The molecule has 0 unspecified atom stereocenters. The van der Waals surface area contributed by atoms with Crippen LogP contribution in [0.25, 0.3) is 0 Å². The molecule has 3 aromatic carbocycles. The maximum absolute atomic E-state index is 13.1. The van der Waals surface area contributed by atoms with Crippen molar-refractivity contribution in [2.45, 2.75) is 37.2 Å². The van der Waals surface area contributed by atoms with Gasteiger partial charge in [-0.15, -0.1) is 5.10 Å². The van der Waals surface area contributed by atoms with Gasteiger partial charge in [0.2, 0.25) is 5.16 Å². The van der Waals surface area contributed by atoms with Crippen molar-refractivity contribution in [1.29, 1.82) is 0 Å². The third kappa shape index (κ3) is 4.81. The van der Waals surface area contributed by atoms with Gasteiger partial charge in [0.1, 0.15) is 0 Å². The van der Waals surface area contributed by atoms with E-state index in [0.717, 1.165) is 11.1 Å². The average molecular weight is 558 g/mol. The fourth-order valence-corrected chi connectivity index (χ4v) is 6.06.